The molecular formula is C14H17ClN6. The number of hydrogen-bond acceptors (Lipinski definition) is 4. The van der Waals surface area contributed by atoms with Crippen LogP contribution in [0.5, 0.6) is 0 Å². The quantitative estimate of drug-likeness (QED) is 0.693. The Morgan fingerprint density at radius 2 is 2.10 bits per heavy atom. The predicted octanol–water partition coefficient (Wildman–Crippen LogP) is 2.22. The zero-order valence-electron chi connectivity index (χ0n) is 12.3. The van der Waals surface area contributed by atoms with Gasteiger partial charge in [-0.05, 0) is 19.4 Å². The van der Waals surface area contributed by atoms with E-state index in [-0.39, 0.29) is 0 Å². The fraction of sp³-hybridized carbons (Fsp3) is 0.429. The van der Waals surface area contributed by atoms with Crippen molar-refractivity contribution in [3.8, 4) is 0 Å². The maximum Gasteiger partial charge on any atom is 0.159 e. The first kappa shape index (κ1) is 14.0. The molecule has 0 spiro atoms. The van der Waals surface area contributed by atoms with Gasteiger partial charge < -0.3 is 4.57 Å². The van der Waals surface area contributed by atoms with Gasteiger partial charge in [0.1, 0.15) is 17.2 Å². The Bertz CT molecular complexity index is 788. The van der Waals surface area contributed by atoms with Crippen LogP contribution < -0.4 is 0 Å². The van der Waals surface area contributed by atoms with Crippen LogP contribution in [-0.4, -0.2) is 29.3 Å². The molecule has 0 fully saturated rings. The second kappa shape index (κ2) is 5.44. The van der Waals surface area contributed by atoms with E-state index in [1.165, 1.54) is 0 Å². The van der Waals surface area contributed by atoms with Gasteiger partial charge in [0.15, 0.2) is 5.65 Å². The van der Waals surface area contributed by atoms with Crippen LogP contribution in [0.25, 0.3) is 11.2 Å². The highest BCUT2D eigenvalue weighted by molar-refractivity contribution is 6.16. The number of halogens is 1. The van der Waals surface area contributed by atoms with Gasteiger partial charge in [-0.25, -0.2) is 15.0 Å². The smallest absolute Gasteiger partial charge is 0.159 e. The minimum Gasteiger partial charge on any atom is -0.306 e. The number of aromatic nitrogens is 6. The van der Waals surface area contributed by atoms with E-state index in [9.17, 15) is 0 Å². The normalized spacial score (nSPS) is 11.4. The fourth-order valence-electron chi connectivity index (χ4n) is 2.55. The second-order valence-corrected chi connectivity index (χ2v) is 5.21. The molecule has 3 rings (SSSR count). The monoisotopic (exact) mass is 304 g/mol. The van der Waals surface area contributed by atoms with Crippen molar-refractivity contribution in [1.82, 2.24) is 29.3 Å². The van der Waals surface area contributed by atoms with E-state index < -0.39 is 0 Å². The summed E-state index contributed by atoms with van der Waals surface area (Å²) >= 11 is 6.06. The van der Waals surface area contributed by atoms with Crippen LogP contribution in [0.2, 0.25) is 0 Å². The van der Waals surface area contributed by atoms with E-state index in [0.29, 0.717) is 12.4 Å². The number of aryl methyl sites for hydroxylation is 3. The third-order valence-electron chi connectivity index (χ3n) is 3.48. The summed E-state index contributed by atoms with van der Waals surface area (Å²) in [6.07, 6.45) is 2.62. The molecule has 3 aromatic rings. The lowest BCUT2D eigenvalue weighted by Crippen LogP contribution is -2.09. The van der Waals surface area contributed by atoms with Crippen molar-refractivity contribution in [2.75, 3.05) is 0 Å². The van der Waals surface area contributed by atoms with E-state index in [0.717, 1.165) is 40.6 Å². The maximum atomic E-state index is 6.06. The molecule has 3 heterocycles. The van der Waals surface area contributed by atoms with Crippen LogP contribution in [0.1, 0.15) is 30.0 Å². The van der Waals surface area contributed by atoms with Crippen molar-refractivity contribution >= 4 is 22.8 Å². The highest BCUT2D eigenvalue weighted by atomic mass is 35.5. The highest BCUT2D eigenvalue weighted by Crippen LogP contribution is 2.22. The van der Waals surface area contributed by atoms with Crippen LogP contribution >= 0.6 is 11.6 Å². The summed E-state index contributed by atoms with van der Waals surface area (Å²) in [4.78, 5) is 13.2. The molecule has 7 heteroatoms. The minimum atomic E-state index is 0.363. The summed E-state index contributed by atoms with van der Waals surface area (Å²) in [7, 11) is 1.93. The number of rotatable bonds is 4. The van der Waals surface area contributed by atoms with E-state index in [1.54, 1.807) is 6.20 Å². The molecule has 0 saturated carbocycles. The molecule has 0 aliphatic heterocycles. The molecule has 110 valence electrons. The van der Waals surface area contributed by atoms with E-state index in [2.05, 4.69) is 31.5 Å². The Hall–Kier alpha value is -1.95. The molecule has 0 saturated heterocycles. The topological polar surface area (TPSA) is 61.4 Å². The van der Waals surface area contributed by atoms with Gasteiger partial charge >= 0.3 is 0 Å². The Labute approximate surface area is 127 Å². The van der Waals surface area contributed by atoms with E-state index >= 15 is 0 Å². The van der Waals surface area contributed by atoms with Crippen LogP contribution in [0.3, 0.4) is 0 Å². The molecule has 21 heavy (non-hydrogen) atoms. The lowest BCUT2D eigenvalue weighted by Gasteiger charge is -2.08. The summed E-state index contributed by atoms with van der Waals surface area (Å²) in [6.45, 7) is 4.58. The lowest BCUT2D eigenvalue weighted by atomic mass is 10.3. The predicted molar refractivity (Wildman–Crippen MR) is 81.3 cm³/mol. The molecule has 0 atom stereocenters. The molecule has 0 bridgehead atoms. The summed E-state index contributed by atoms with van der Waals surface area (Å²) in [5.74, 6) is 1.96. The van der Waals surface area contributed by atoms with Gasteiger partial charge in [-0.15, -0.1) is 11.6 Å². The molecule has 0 aliphatic rings. The fourth-order valence-corrected chi connectivity index (χ4v) is 2.75. The summed E-state index contributed by atoms with van der Waals surface area (Å²) < 4.78 is 3.95. The standard InChI is InChI=1S/C14H17ClN6/c1-4-11-13-14(20(3)19-11)21(12(7-15)18-13)8-10-5-6-16-9(2)17-10/h5-6H,4,7-8H2,1-3H3. The first-order valence-electron chi connectivity index (χ1n) is 6.89. The Morgan fingerprint density at radius 3 is 2.76 bits per heavy atom. The minimum absolute atomic E-state index is 0.363. The van der Waals surface area contributed by atoms with Crippen molar-refractivity contribution in [2.45, 2.75) is 32.7 Å². The molecule has 0 radical (unpaired) electrons. The van der Waals surface area contributed by atoms with Gasteiger partial charge in [-0.2, -0.15) is 5.10 Å². The molecule has 0 unspecified atom stereocenters. The average Bonchev–Trinajstić information content (AvgIpc) is 2.97. The second-order valence-electron chi connectivity index (χ2n) is 4.94. The van der Waals surface area contributed by atoms with Gasteiger partial charge in [0.2, 0.25) is 0 Å². The van der Waals surface area contributed by atoms with E-state index in [1.807, 2.05) is 24.7 Å². The third-order valence-corrected chi connectivity index (χ3v) is 3.72. The molecule has 3 aromatic heterocycles. The molecule has 6 nitrogen and oxygen atoms in total. The SMILES string of the molecule is CCc1nn(C)c2c1nc(CCl)n2Cc1ccnc(C)n1. The lowest BCUT2D eigenvalue weighted by molar-refractivity contribution is 0.687. The third kappa shape index (κ3) is 2.40. The van der Waals surface area contributed by atoms with E-state index in [4.69, 9.17) is 11.6 Å². The van der Waals surface area contributed by atoms with Crippen LogP contribution in [-0.2, 0) is 25.9 Å². The summed E-state index contributed by atoms with van der Waals surface area (Å²) in [5.41, 5.74) is 3.85. The first-order chi connectivity index (χ1) is 10.1. The Balaban J connectivity index is 2.14. The van der Waals surface area contributed by atoms with Gasteiger partial charge in [0.25, 0.3) is 0 Å². The maximum absolute atomic E-state index is 6.06. The molecule has 0 aromatic carbocycles. The zero-order chi connectivity index (χ0) is 15.0. The Morgan fingerprint density at radius 1 is 1.29 bits per heavy atom. The largest absolute Gasteiger partial charge is 0.306 e. The molecule has 0 aliphatic carbocycles. The number of fused-ring (bicyclic) bond motifs is 1. The molecule has 0 amide bonds. The number of imidazole rings is 1. The number of alkyl halides is 1. The van der Waals surface area contributed by atoms with Crippen molar-refractivity contribution in [3.63, 3.8) is 0 Å². The van der Waals surface area contributed by atoms with Crippen molar-refractivity contribution < 1.29 is 0 Å². The van der Waals surface area contributed by atoms with Gasteiger partial charge in [0.05, 0.1) is 23.8 Å². The number of nitrogens with zero attached hydrogens (tertiary/aromatic N) is 6. The molecular weight excluding hydrogens is 288 g/mol. The summed E-state index contributed by atoms with van der Waals surface area (Å²) in [6, 6.07) is 1.91. The van der Waals surface area contributed by atoms with Crippen LogP contribution in [0, 0.1) is 6.92 Å². The average molecular weight is 305 g/mol. The zero-order valence-corrected chi connectivity index (χ0v) is 13.1. The number of hydrogen-bond donors (Lipinski definition) is 0. The van der Waals surface area contributed by atoms with Crippen LogP contribution in [0.4, 0.5) is 0 Å². The molecule has 0 N–H and O–H groups in total. The van der Waals surface area contributed by atoms with Gasteiger partial charge in [-0.1, -0.05) is 6.92 Å². The van der Waals surface area contributed by atoms with Crippen molar-refractivity contribution in [2.24, 2.45) is 7.05 Å². The highest BCUT2D eigenvalue weighted by Gasteiger charge is 2.18. The van der Waals surface area contributed by atoms with Gasteiger partial charge in [0, 0.05) is 13.2 Å². The van der Waals surface area contributed by atoms with Crippen molar-refractivity contribution in [1.29, 1.82) is 0 Å². The Kier molecular flexibility index (Phi) is 3.63. The van der Waals surface area contributed by atoms with Gasteiger partial charge in [-0.3, -0.25) is 4.68 Å². The first-order valence-corrected chi connectivity index (χ1v) is 7.43. The van der Waals surface area contributed by atoms with Crippen molar-refractivity contribution in [3.05, 3.63) is 35.3 Å². The van der Waals surface area contributed by atoms with Crippen LogP contribution in [0.15, 0.2) is 12.3 Å². The summed E-state index contributed by atoms with van der Waals surface area (Å²) in [5, 5.41) is 4.52.